The van der Waals surface area contributed by atoms with Gasteiger partial charge in [0.2, 0.25) is 0 Å². The molecular weight excluding hydrogens is 272 g/mol. The van der Waals surface area contributed by atoms with Crippen LogP contribution in [0.3, 0.4) is 0 Å². The van der Waals surface area contributed by atoms with Crippen molar-refractivity contribution in [3.63, 3.8) is 0 Å². The Labute approximate surface area is 132 Å². The summed E-state index contributed by atoms with van der Waals surface area (Å²) in [6.45, 7) is 3.41. The minimum absolute atomic E-state index is 0.730. The largest absolute Gasteiger partial charge is 0.330 e. The molecule has 2 aromatic rings. The molecule has 0 fully saturated rings. The Hall–Kier alpha value is -2.04. The van der Waals surface area contributed by atoms with Gasteiger partial charge < -0.3 is 11.5 Å². The zero-order valence-electron chi connectivity index (χ0n) is 13.1. The van der Waals surface area contributed by atoms with Crippen molar-refractivity contribution in [3.8, 4) is 0 Å². The van der Waals surface area contributed by atoms with E-state index in [1.165, 1.54) is 11.1 Å². The number of rotatable bonds is 8. The van der Waals surface area contributed by atoms with Gasteiger partial charge in [0.25, 0.3) is 0 Å². The number of nitrogens with two attached hydrogens (primary N) is 2. The van der Waals surface area contributed by atoms with Gasteiger partial charge in [0.1, 0.15) is 13.1 Å². The SMILES string of the molecule is NCCC[n+]1ccc(/C=C/c2cc[n+](CCCN)cc2)cc1. The molecule has 0 amide bonds. The molecule has 4 heteroatoms. The van der Waals surface area contributed by atoms with Crippen LogP contribution in [-0.4, -0.2) is 13.1 Å². The first kappa shape index (κ1) is 16.3. The number of pyridine rings is 2. The predicted octanol–water partition coefficient (Wildman–Crippen LogP) is 1.13. The van der Waals surface area contributed by atoms with E-state index in [2.05, 4.69) is 70.3 Å². The number of aromatic nitrogens is 2. The van der Waals surface area contributed by atoms with Crippen molar-refractivity contribution in [2.75, 3.05) is 13.1 Å². The summed E-state index contributed by atoms with van der Waals surface area (Å²) in [5.41, 5.74) is 13.4. The van der Waals surface area contributed by atoms with Crippen LogP contribution in [0.4, 0.5) is 0 Å². The summed E-state index contributed by atoms with van der Waals surface area (Å²) >= 11 is 0. The van der Waals surface area contributed by atoms with E-state index in [9.17, 15) is 0 Å². The van der Waals surface area contributed by atoms with Crippen LogP contribution < -0.4 is 20.6 Å². The van der Waals surface area contributed by atoms with Crippen molar-refractivity contribution in [1.29, 1.82) is 0 Å². The second-order valence-corrected chi connectivity index (χ2v) is 5.36. The van der Waals surface area contributed by atoms with Gasteiger partial charge in [-0.2, -0.15) is 0 Å². The molecule has 2 heterocycles. The summed E-state index contributed by atoms with van der Waals surface area (Å²) in [6, 6.07) is 8.49. The highest BCUT2D eigenvalue weighted by Gasteiger charge is 2.00. The van der Waals surface area contributed by atoms with Crippen LogP contribution in [0.25, 0.3) is 12.2 Å². The number of hydrogen-bond acceptors (Lipinski definition) is 2. The van der Waals surface area contributed by atoms with Crippen LogP contribution >= 0.6 is 0 Å². The topological polar surface area (TPSA) is 59.8 Å². The summed E-state index contributed by atoms with van der Waals surface area (Å²) in [4.78, 5) is 0. The van der Waals surface area contributed by atoms with Gasteiger partial charge in [-0.05, 0) is 24.2 Å². The fourth-order valence-electron chi connectivity index (χ4n) is 2.20. The van der Waals surface area contributed by atoms with Crippen LogP contribution in [-0.2, 0) is 13.1 Å². The molecule has 0 bridgehead atoms. The van der Waals surface area contributed by atoms with E-state index >= 15 is 0 Å². The second kappa shape index (κ2) is 9.07. The van der Waals surface area contributed by atoms with Gasteiger partial charge in [-0.3, -0.25) is 0 Å². The quantitative estimate of drug-likeness (QED) is 0.718. The molecule has 0 atom stereocenters. The Morgan fingerprint density at radius 1 is 0.682 bits per heavy atom. The highest BCUT2D eigenvalue weighted by Crippen LogP contribution is 2.05. The molecule has 0 aliphatic rings. The molecular formula is C18H26N4+2. The summed E-state index contributed by atoms with van der Waals surface area (Å²) in [7, 11) is 0. The van der Waals surface area contributed by atoms with E-state index in [4.69, 9.17) is 11.5 Å². The first-order valence-corrected chi connectivity index (χ1v) is 7.88. The highest BCUT2D eigenvalue weighted by atomic mass is 14.9. The van der Waals surface area contributed by atoms with Gasteiger partial charge in [-0.15, -0.1) is 0 Å². The molecule has 4 N–H and O–H groups in total. The van der Waals surface area contributed by atoms with Crippen LogP contribution in [0, 0.1) is 0 Å². The lowest BCUT2D eigenvalue weighted by molar-refractivity contribution is -0.697. The first-order valence-electron chi connectivity index (χ1n) is 7.88. The maximum absolute atomic E-state index is 5.52. The van der Waals surface area contributed by atoms with Crippen LogP contribution in [0.15, 0.2) is 49.1 Å². The molecule has 0 radical (unpaired) electrons. The first-order chi connectivity index (χ1) is 10.8. The molecule has 22 heavy (non-hydrogen) atoms. The molecule has 0 unspecified atom stereocenters. The third kappa shape index (κ3) is 5.39. The number of aryl methyl sites for hydroxylation is 2. The van der Waals surface area contributed by atoms with Gasteiger partial charge >= 0.3 is 0 Å². The molecule has 0 aromatic carbocycles. The van der Waals surface area contributed by atoms with Gasteiger partial charge in [0, 0.05) is 37.1 Å². The Balaban J connectivity index is 1.93. The molecule has 0 saturated heterocycles. The molecule has 0 aliphatic carbocycles. The summed E-state index contributed by atoms with van der Waals surface area (Å²) in [5, 5.41) is 0. The van der Waals surface area contributed by atoms with Crippen molar-refractivity contribution in [2.45, 2.75) is 25.9 Å². The second-order valence-electron chi connectivity index (χ2n) is 5.36. The smallest absolute Gasteiger partial charge is 0.169 e. The molecule has 0 spiro atoms. The van der Waals surface area contributed by atoms with Crippen molar-refractivity contribution >= 4 is 12.2 Å². The fourth-order valence-corrected chi connectivity index (χ4v) is 2.20. The third-order valence-electron chi connectivity index (χ3n) is 3.54. The lowest BCUT2D eigenvalue weighted by atomic mass is 10.2. The van der Waals surface area contributed by atoms with Gasteiger partial charge in [-0.25, -0.2) is 9.13 Å². The predicted molar refractivity (Wildman–Crippen MR) is 89.5 cm³/mol. The van der Waals surface area contributed by atoms with E-state index < -0.39 is 0 Å². The number of nitrogens with zero attached hydrogens (tertiary/aromatic N) is 2. The Bertz CT molecular complexity index is 520. The minimum atomic E-state index is 0.730. The van der Waals surface area contributed by atoms with Crippen LogP contribution in [0.1, 0.15) is 24.0 Å². The van der Waals surface area contributed by atoms with Gasteiger partial charge in [-0.1, -0.05) is 12.2 Å². The zero-order valence-corrected chi connectivity index (χ0v) is 13.1. The van der Waals surface area contributed by atoms with E-state index in [0.29, 0.717) is 0 Å². The van der Waals surface area contributed by atoms with Crippen LogP contribution in [0.5, 0.6) is 0 Å². The zero-order chi connectivity index (χ0) is 15.6. The molecule has 0 aliphatic heterocycles. The van der Waals surface area contributed by atoms with E-state index in [1.54, 1.807) is 0 Å². The Morgan fingerprint density at radius 2 is 1.05 bits per heavy atom. The third-order valence-corrected chi connectivity index (χ3v) is 3.54. The van der Waals surface area contributed by atoms with Crippen molar-refractivity contribution in [1.82, 2.24) is 0 Å². The monoisotopic (exact) mass is 298 g/mol. The molecule has 2 rings (SSSR count). The highest BCUT2D eigenvalue weighted by molar-refractivity contribution is 5.68. The minimum Gasteiger partial charge on any atom is -0.330 e. The van der Waals surface area contributed by atoms with Crippen molar-refractivity contribution < 1.29 is 9.13 Å². The summed E-state index contributed by atoms with van der Waals surface area (Å²) in [5.74, 6) is 0. The normalized spacial score (nSPS) is 11.2. The maximum Gasteiger partial charge on any atom is 0.169 e. The Morgan fingerprint density at radius 3 is 1.36 bits per heavy atom. The van der Waals surface area contributed by atoms with Crippen LogP contribution in [0.2, 0.25) is 0 Å². The lowest BCUT2D eigenvalue weighted by Crippen LogP contribution is -2.33. The maximum atomic E-state index is 5.52. The average molecular weight is 298 g/mol. The molecule has 116 valence electrons. The Kier molecular flexibility index (Phi) is 6.74. The molecule has 4 nitrogen and oxygen atoms in total. The molecule has 0 saturated carbocycles. The van der Waals surface area contributed by atoms with Gasteiger partial charge in [0.05, 0.1) is 0 Å². The fraction of sp³-hybridized carbons (Fsp3) is 0.333. The van der Waals surface area contributed by atoms with E-state index in [1.807, 2.05) is 0 Å². The lowest BCUT2D eigenvalue weighted by Gasteiger charge is -1.97. The molecule has 2 aromatic heterocycles. The summed E-state index contributed by atoms with van der Waals surface area (Å²) in [6.07, 6.45) is 14.7. The standard InChI is InChI=1S/C18H26N4/c19-9-1-11-21-13-5-17(6-14-21)3-4-18-7-15-22(16-8-18)12-2-10-20/h3-8,13-16H,1-2,9-12,19-20H2/q+2/b4-3+. The van der Waals surface area contributed by atoms with Gasteiger partial charge in [0.15, 0.2) is 24.8 Å². The van der Waals surface area contributed by atoms with E-state index in [0.717, 1.165) is 39.0 Å². The average Bonchev–Trinajstić information content (AvgIpc) is 2.58. The van der Waals surface area contributed by atoms with Crippen molar-refractivity contribution in [3.05, 3.63) is 60.2 Å². The van der Waals surface area contributed by atoms with Crippen molar-refractivity contribution in [2.24, 2.45) is 11.5 Å². The number of hydrogen-bond donors (Lipinski definition) is 2. The van der Waals surface area contributed by atoms with E-state index in [-0.39, 0.29) is 0 Å². The summed E-state index contributed by atoms with van der Waals surface area (Å²) < 4.78 is 4.32.